The fraction of sp³-hybridized carbons (Fsp3) is 0.238. The Kier molecular flexibility index (Phi) is 6.19. The molecule has 0 saturated carbocycles. The third-order valence-corrected chi connectivity index (χ3v) is 5.67. The van der Waals surface area contributed by atoms with Gasteiger partial charge in [0, 0.05) is 28.7 Å². The smallest absolute Gasteiger partial charge is 0.338 e. The molecule has 140 valence electrons. The van der Waals surface area contributed by atoms with Gasteiger partial charge in [-0.3, -0.25) is 13.6 Å². The first-order chi connectivity index (χ1) is 13.1. The number of ether oxygens (including phenoxy) is 1. The van der Waals surface area contributed by atoms with Crippen LogP contribution in [0.2, 0.25) is 0 Å². The molecule has 3 rings (SSSR count). The zero-order valence-corrected chi connectivity index (χ0v) is 15.9. The van der Waals surface area contributed by atoms with Crippen molar-refractivity contribution in [1.29, 1.82) is 0 Å². The van der Waals surface area contributed by atoms with E-state index in [1.165, 1.54) is 0 Å². The lowest BCUT2D eigenvalue weighted by Gasteiger charge is -2.06. The number of carbonyl (C=O) groups is 2. The molecule has 1 aromatic heterocycles. The SMILES string of the molecule is CCOC(=O)c1ccc(S(=O)CCCC(=O)n2ccc3ccccc32)cc1. The highest BCUT2D eigenvalue weighted by atomic mass is 32.2. The van der Waals surface area contributed by atoms with Crippen molar-refractivity contribution in [2.24, 2.45) is 0 Å². The van der Waals surface area contributed by atoms with Crippen LogP contribution < -0.4 is 0 Å². The number of esters is 1. The quantitative estimate of drug-likeness (QED) is 0.578. The fourth-order valence-electron chi connectivity index (χ4n) is 2.85. The molecule has 0 spiro atoms. The second-order valence-corrected chi connectivity index (χ2v) is 7.61. The minimum absolute atomic E-state index is 0.00846. The molecular weight excluding hydrogens is 362 g/mol. The first kappa shape index (κ1) is 19.0. The van der Waals surface area contributed by atoms with Crippen LogP contribution >= 0.6 is 0 Å². The fourth-order valence-corrected chi connectivity index (χ4v) is 3.93. The van der Waals surface area contributed by atoms with Gasteiger partial charge in [-0.05, 0) is 49.7 Å². The van der Waals surface area contributed by atoms with Gasteiger partial charge in [-0.2, -0.15) is 0 Å². The summed E-state index contributed by atoms with van der Waals surface area (Å²) in [4.78, 5) is 24.7. The molecule has 0 radical (unpaired) electrons. The highest BCUT2D eigenvalue weighted by Crippen LogP contribution is 2.16. The molecule has 0 amide bonds. The first-order valence-electron chi connectivity index (χ1n) is 8.85. The largest absolute Gasteiger partial charge is 0.462 e. The Hall–Kier alpha value is -2.73. The summed E-state index contributed by atoms with van der Waals surface area (Å²) in [5, 5.41) is 1.02. The molecule has 1 atom stereocenters. The average Bonchev–Trinajstić information content (AvgIpc) is 3.12. The summed E-state index contributed by atoms with van der Waals surface area (Å²) in [7, 11) is -1.21. The number of fused-ring (bicyclic) bond motifs is 1. The Morgan fingerprint density at radius 3 is 2.52 bits per heavy atom. The molecule has 5 nitrogen and oxygen atoms in total. The van der Waals surface area contributed by atoms with Crippen molar-refractivity contribution in [2.45, 2.75) is 24.7 Å². The Labute approximate surface area is 160 Å². The lowest BCUT2D eigenvalue weighted by Crippen LogP contribution is -2.10. The molecule has 0 aliphatic heterocycles. The number of hydrogen-bond donors (Lipinski definition) is 0. The van der Waals surface area contributed by atoms with Gasteiger partial charge in [-0.1, -0.05) is 18.2 Å². The van der Waals surface area contributed by atoms with Gasteiger partial charge >= 0.3 is 5.97 Å². The van der Waals surface area contributed by atoms with E-state index in [4.69, 9.17) is 4.74 Å². The Morgan fingerprint density at radius 2 is 1.78 bits per heavy atom. The van der Waals surface area contributed by atoms with Crippen molar-refractivity contribution in [3.63, 3.8) is 0 Å². The van der Waals surface area contributed by atoms with Crippen LogP contribution in [0.1, 0.15) is 34.9 Å². The van der Waals surface area contributed by atoms with Crippen molar-refractivity contribution < 1.29 is 18.5 Å². The highest BCUT2D eigenvalue weighted by Gasteiger charge is 2.11. The number of carbonyl (C=O) groups excluding carboxylic acids is 2. The number of aromatic nitrogens is 1. The van der Waals surface area contributed by atoms with Crippen molar-refractivity contribution in [2.75, 3.05) is 12.4 Å². The number of nitrogens with zero attached hydrogens (tertiary/aromatic N) is 1. The van der Waals surface area contributed by atoms with E-state index in [2.05, 4.69) is 0 Å². The van der Waals surface area contributed by atoms with Crippen molar-refractivity contribution in [3.8, 4) is 0 Å². The van der Waals surface area contributed by atoms with Gasteiger partial charge in [0.1, 0.15) is 0 Å². The summed E-state index contributed by atoms with van der Waals surface area (Å²) in [6, 6.07) is 16.2. The van der Waals surface area contributed by atoms with Gasteiger partial charge < -0.3 is 4.74 Å². The van der Waals surface area contributed by atoms with E-state index in [1.807, 2.05) is 30.3 Å². The number of rotatable bonds is 7. The predicted octanol–water partition coefficient (Wildman–Crippen LogP) is 4.05. The van der Waals surface area contributed by atoms with E-state index in [9.17, 15) is 13.8 Å². The Bertz CT molecular complexity index is 975. The van der Waals surface area contributed by atoms with E-state index in [-0.39, 0.29) is 11.9 Å². The Morgan fingerprint density at radius 1 is 1.04 bits per heavy atom. The summed E-state index contributed by atoms with van der Waals surface area (Å²) >= 11 is 0. The van der Waals surface area contributed by atoms with E-state index in [1.54, 1.807) is 42.0 Å². The number of para-hydroxylation sites is 1. The number of benzene rings is 2. The zero-order valence-electron chi connectivity index (χ0n) is 15.1. The lowest BCUT2D eigenvalue weighted by atomic mass is 10.2. The van der Waals surface area contributed by atoms with Crippen LogP contribution in [0.25, 0.3) is 10.9 Å². The van der Waals surface area contributed by atoms with E-state index in [0.717, 1.165) is 10.9 Å². The minimum atomic E-state index is -1.21. The molecule has 2 aromatic carbocycles. The molecule has 6 heteroatoms. The van der Waals surface area contributed by atoms with Gasteiger partial charge in [0.25, 0.3) is 0 Å². The maximum absolute atomic E-state index is 12.4. The van der Waals surface area contributed by atoms with E-state index in [0.29, 0.717) is 35.7 Å². The van der Waals surface area contributed by atoms with Crippen LogP contribution in [0, 0.1) is 0 Å². The monoisotopic (exact) mass is 383 g/mol. The van der Waals surface area contributed by atoms with Crippen molar-refractivity contribution in [3.05, 3.63) is 66.4 Å². The first-order valence-corrected chi connectivity index (χ1v) is 10.2. The van der Waals surface area contributed by atoms with Crippen LogP contribution in [0.4, 0.5) is 0 Å². The standard InChI is InChI=1S/C21H21NO4S/c1-2-26-21(24)17-9-11-18(12-10-17)27(25)15-5-8-20(23)22-14-13-16-6-3-4-7-19(16)22/h3-4,6-7,9-14H,2,5,8,15H2,1H3. The normalized spacial score (nSPS) is 12.0. The molecule has 1 heterocycles. The van der Waals surface area contributed by atoms with Gasteiger partial charge in [-0.25, -0.2) is 4.79 Å². The topological polar surface area (TPSA) is 65.4 Å². The maximum atomic E-state index is 12.4. The highest BCUT2D eigenvalue weighted by molar-refractivity contribution is 7.85. The summed E-state index contributed by atoms with van der Waals surface area (Å²) in [5.41, 5.74) is 1.32. The third kappa shape index (κ3) is 4.52. The zero-order chi connectivity index (χ0) is 19.2. The molecule has 3 aromatic rings. The van der Waals surface area contributed by atoms with Crippen LogP contribution in [-0.4, -0.2) is 33.0 Å². The second kappa shape index (κ2) is 8.77. The molecule has 0 saturated heterocycles. The molecule has 0 N–H and O–H groups in total. The molecule has 0 aliphatic carbocycles. The van der Waals surface area contributed by atoms with Crippen LogP contribution in [0.3, 0.4) is 0 Å². The molecule has 0 bridgehead atoms. The molecule has 1 unspecified atom stereocenters. The van der Waals surface area contributed by atoms with Crippen LogP contribution in [0.15, 0.2) is 65.7 Å². The molecular formula is C21H21NO4S. The van der Waals surface area contributed by atoms with Crippen LogP contribution in [-0.2, 0) is 15.5 Å². The lowest BCUT2D eigenvalue weighted by molar-refractivity contribution is 0.0526. The second-order valence-electron chi connectivity index (χ2n) is 6.04. The summed E-state index contributed by atoms with van der Waals surface area (Å²) in [5.74, 6) is -0.00537. The van der Waals surface area contributed by atoms with Gasteiger partial charge in [0.2, 0.25) is 5.91 Å². The maximum Gasteiger partial charge on any atom is 0.338 e. The summed E-state index contributed by atoms with van der Waals surface area (Å²) < 4.78 is 19.0. The summed E-state index contributed by atoms with van der Waals surface area (Å²) in [6.45, 7) is 2.07. The number of hydrogen-bond acceptors (Lipinski definition) is 4. The average molecular weight is 383 g/mol. The van der Waals surface area contributed by atoms with Gasteiger partial charge in [0.05, 0.1) is 28.5 Å². The van der Waals surface area contributed by atoms with E-state index >= 15 is 0 Å². The Balaban J connectivity index is 1.55. The molecule has 0 fully saturated rings. The van der Waals surface area contributed by atoms with Crippen LogP contribution in [0.5, 0.6) is 0 Å². The molecule has 27 heavy (non-hydrogen) atoms. The van der Waals surface area contributed by atoms with Crippen molar-refractivity contribution >= 4 is 33.6 Å². The molecule has 0 aliphatic rings. The predicted molar refractivity (Wildman–Crippen MR) is 105 cm³/mol. The third-order valence-electron chi connectivity index (χ3n) is 4.22. The summed E-state index contributed by atoms with van der Waals surface area (Å²) in [6.07, 6.45) is 2.63. The minimum Gasteiger partial charge on any atom is -0.462 e. The van der Waals surface area contributed by atoms with Crippen molar-refractivity contribution in [1.82, 2.24) is 4.57 Å². The van der Waals surface area contributed by atoms with Gasteiger partial charge in [0.15, 0.2) is 0 Å². The van der Waals surface area contributed by atoms with E-state index < -0.39 is 10.8 Å². The van der Waals surface area contributed by atoms with Gasteiger partial charge in [-0.15, -0.1) is 0 Å².